The number of fused-ring (bicyclic) bond motifs is 2. The molecular weight excluding hydrogens is 543 g/mol. The fourth-order valence-corrected chi connectivity index (χ4v) is 6.35. The van der Waals surface area contributed by atoms with Crippen LogP contribution in [-0.4, -0.2) is 49.0 Å². The van der Waals surface area contributed by atoms with Crippen molar-refractivity contribution in [2.75, 3.05) is 12.3 Å². The van der Waals surface area contributed by atoms with Gasteiger partial charge in [-0.15, -0.1) is 0 Å². The molecule has 7 nitrogen and oxygen atoms in total. The first-order valence-electron chi connectivity index (χ1n) is 14.2. The molecule has 2 saturated heterocycles. The summed E-state index contributed by atoms with van der Waals surface area (Å²) in [4.78, 5) is 23.8. The van der Waals surface area contributed by atoms with Crippen molar-refractivity contribution in [2.45, 2.75) is 75.6 Å². The van der Waals surface area contributed by atoms with E-state index in [1.54, 1.807) is 37.4 Å². The van der Waals surface area contributed by atoms with Gasteiger partial charge in [-0.3, -0.25) is 9.20 Å². The molecule has 2 aliphatic heterocycles. The number of alkyl halides is 3. The summed E-state index contributed by atoms with van der Waals surface area (Å²) in [5.41, 5.74) is 5.77. The Bertz CT molecular complexity index is 1660. The van der Waals surface area contributed by atoms with Crippen LogP contribution >= 0.6 is 0 Å². The normalized spacial score (nSPS) is 21.0. The average Bonchev–Trinajstić information content (AvgIpc) is 3.54. The third-order valence-corrected chi connectivity index (χ3v) is 9.27. The number of hydrogen-bond donors (Lipinski definition) is 2. The van der Waals surface area contributed by atoms with E-state index in [0.29, 0.717) is 47.2 Å². The second-order valence-corrected chi connectivity index (χ2v) is 12.2. The quantitative estimate of drug-likeness (QED) is 0.306. The number of nitrogens with zero attached hydrogens (tertiary/aromatic N) is 4. The van der Waals surface area contributed by atoms with E-state index in [1.807, 2.05) is 27.6 Å². The average molecular weight is 578 g/mol. The molecule has 2 fully saturated rings. The number of nitrogens with two attached hydrogens (primary N) is 1. The molecule has 2 aliphatic rings. The Labute approximate surface area is 242 Å². The Morgan fingerprint density at radius 3 is 2.40 bits per heavy atom. The van der Waals surface area contributed by atoms with E-state index in [4.69, 9.17) is 10.7 Å². The minimum atomic E-state index is -4.44. The van der Waals surface area contributed by atoms with E-state index in [-0.39, 0.29) is 17.4 Å². The van der Waals surface area contributed by atoms with Crippen molar-refractivity contribution >= 4 is 17.2 Å². The Morgan fingerprint density at radius 1 is 0.976 bits per heavy atom. The fraction of sp³-hybridized carbons (Fsp3) is 0.406. The third-order valence-electron chi connectivity index (χ3n) is 9.27. The van der Waals surface area contributed by atoms with Gasteiger partial charge in [0.1, 0.15) is 28.5 Å². The minimum absolute atomic E-state index is 0.0552. The molecule has 6 rings (SSSR count). The summed E-state index contributed by atoms with van der Waals surface area (Å²) in [5.74, 6) is 1.41. The standard InChI is InChI=1S/C32H34F3N5O2/c1-30(2,32(33,34)35)22-5-4-6-23(17-22)31(3,42)21-10-7-19(8-11-21)26-27-28(36)37-15-16-39(27)29(38-26)20-9-12-24-13-14-25(41)40(24)18-20/h4-8,10-11,15-17,20,24,42H,9,12-14,18H2,1-3H3,(H2,36,37)/t20-,24+,31-/m1/s1. The molecule has 0 bridgehead atoms. The number of imidazole rings is 1. The number of hydrogen-bond acceptors (Lipinski definition) is 5. The van der Waals surface area contributed by atoms with Gasteiger partial charge in [0.05, 0.1) is 5.41 Å². The van der Waals surface area contributed by atoms with Crippen molar-refractivity contribution in [1.29, 1.82) is 0 Å². The molecular formula is C32H34F3N5O2. The number of benzene rings is 2. The molecule has 42 heavy (non-hydrogen) atoms. The van der Waals surface area contributed by atoms with E-state index in [2.05, 4.69) is 4.98 Å². The van der Waals surface area contributed by atoms with E-state index in [1.165, 1.54) is 12.1 Å². The predicted molar refractivity (Wildman–Crippen MR) is 154 cm³/mol. The van der Waals surface area contributed by atoms with E-state index < -0.39 is 17.2 Å². The number of nitrogen functional groups attached to an aromatic ring is 1. The molecule has 3 atom stereocenters. The van der Waals surface area contributed by atoms with Gasteiger partial charge in [0.15, 0.2) is 0 Å². The summed E-state index contributed by atoms with van der Waals surface area (Å²) in [6.07, 6.45) is 2.40. The van der Waals surface area contributed by atoms with Gasteiger partial charge >= 0.3 is 6.18 Å². The maximum atomic E-state index is 13.7. The number of rotatable bonds is 5. The predicted octanol–water partition coefficient (Wildman–Crippen LogP) is 5.94. The zero-order valence-electron chi connectivity index (χ0n) is 23.8. The molecule has 2 aromatic carbocycles. The van der Waals surface area contributed by atoms with Crippen LogP contribution < -0.4 is 5.73 Å². The maximum absolute atomic E-state index is 13.7. The molecule has 1 amide bonds. The number of carbonyl (C=O) groups is 1. The highest BCUT2D eigenvalue weighted by molar-refractivity contribution is 5.85. The topological polar surface area (TPSA) is 96.8 Å². The number of halogens is 3. The lowest BCUT2D eigenvalue weighted by molar-refractivity contribution is -0.180. The van der Waals surface area contributed by atoms with Crippen molar-refractivity contribution in [3.63, 3.8) is 0 Å². The minimum Gasteiger partial charge on any atom is -0.382 e. The SMILES string of the molecule is CC(C)(c1cccc([C@](C)(O)c2ccc(-c3nc([C@@H]4CC[C@H]5CCC(=O)N5C4)n4ccnc(N)c34)cc2)c1)C(F)(F)F. The molecule has 220 valence electrons. The first-order valence-corrected chi connectivity index (χ1v) is 14.2. The van der Waals surface area contributed by atoms with E-state index >= 15 is 0 Å². The van der Waals surface area contributed by atoms with E-state index in [9.17, 15) is 23.1 Å². The van der Waals surface area contributed by atoms with Crippen LogP contribution in [0.3, 0.4) is 0 Å². The van der Waals surface area contributed by atoms with Crippen LogP contribution in [0.5, 0.6) is 0 Å². The van der Waals surface area contributed by atoms with Crippen molar-refractivity contribution in [1.82, 2.24) is 19.3 Å². The monoisotopic (exact) mass is 577 g/mol. The first-order chi connectivity index (χ1) is 19.8. The summed E-state index contributed by atoms with van der Waals surface area (Å²) < 4.78 is 43.1. The highest BCUT2D eigenvalue weighted by atomic mass is 19.4. The van der Waals surface area contributed by atoms with Crippen LogP contribution in [-0.2, 0) is 15.8 Å². The number of aromatic nitrogens is 3. The van der Waals surface area contributed by atoms with Gasteiger partial charge in [-0.05, 0) is 56.7 Å². The lowest BCUT2D eigenvalue weighted by Gasteiger charge is -2.34. The summed E-state index contributed by atoms with van der Waals surface area (Å²) in [6, 6.07) is 13.5. The maximum Gasteiger partial charge on any atom is 0.397 e. The number of aliphatic hydroxyl groups is 1. The zero-order valence-corrected chi connectivity index (χ0v) is 23.8. The van der Waals surface area contributed by atoms with Crippen LogP contribution in [0.25, 0.3) is 16.8 Å². The van der Waals surface area contributed by atoms with Crippen LogP contribution in [0.15, 0.2) is 60.9 Å². The number of anilines is 1. The van der Waals surface area contributed by atoms with E-state index in [0.717, 1.165) is 44.5 Å². The number of carbonyl (C=O) groups excluding carboxylic acids is 1. The molecule has 0 unspecified atom stereocenters. The molecule has 2 aromatic heterocycles. The van der Waals surface area contributed by atoms with Gasteiger partial charge in [0.25, 0.3) is 0 Å². The summed E-state index contributed by atoms with van der Waals surface area (Å²) in [5, 5.41) is 11.5. The highest BCUT2D eigenvalue weighted by Crippen LogP contribution is 2.42. The van der Waals surface area contributed by atoms with Crippen molar-refractivity contribution in [3.05, 3.63) is 83.4 Å². The van der Waals surface area contributed by atoms with Crippen molar-refractivity contribution < 1.29 is 23.1 Å². The number of piperidine rings is 1. The second kappa shape index (κ2) is 9.83. The van der Waals surface area contributed by atoms with Crippen molar-refractivity contribution in [3.8, 4) is 11.3 Å². The van der Waals surface area contributed by atoms with Gasteiger partial charge in [0.2, 0.25) is 5.91 Å². The zero-order chi connectivity index (χ0) is 30.0. The van der Waals surface area contributed by atoms with Gasteiger partial charge < -0.3 is 15.7 Å². The largest absolute Gasteiger partial charge is 0.397 e. The van der Waals surface area contributed by atoms with Crippen LogP contribution in [0, 0.1) is 0 Å². The smallest absolute Gasteiger partial charge is 0.382 e. The Balaban J connectivity index is 1.34. The van der Waals surface area contributed by atoms with Crippen LogP contribution in [0.2, 0.25) is 0 Å². The molecule has 10 heteroatoms. The fourth-order valence-electron chi connectivity index (χ4n) is 6.35. The molecule has 4 heterocycles. The summed E-state index contributed by atoms with van der Waals surface area (Å²) in [6.45, 7) is 4.46. The second-order valence-electron chi connectivity index (χ2n) is 12.2. The van der Waals surface area contributed by atoms with Crippen LogP contribution in [0.4, 0.5) is 19.0 Å². The van der Waals surface area contributed by atoms with Gasteiger partial charge in [-0.2, -0.15) is 13.2 Å². The molecule has 0 spiro atoms. The third kappa shape index (κ3) is 4.52. The molecule has 0 aliphatic carbocycles. The highest BCUT2D eigenvalue weighted by Gasteiger charge is 2.48. The first kappa shape index (κ1) is 28.2. The Kier molecular flexibility index (Phi) is 6.60. The van der Waals surface area contributed by atoms with Gasteiger partial charge in [-0.1, -0.05) is 48.5 Å². The van der Waals surface area contributed by atoms with Gasteiger partial charge in [0, 0.05) is 42.9 Å². The Hall–Kier alpha value is -3.92. The Morgan fingerprint density at radius 2 is 1.69 bits per heavy atom. The number of amides is 1. The lowest BCUT2D eigenvalue weighted by atomic mass is 9.80. The summed E-state index contributed by atoms with van der Waals surface area (Å²) >= 11 is 0. The summed E-state index contributed by atoms with van der Waals surface area (Å²) in [7, 11) is 0. The van der Waals surface area contributed by atoms with Gasteiger partial charge in [-0.25, -0.2) is 9.97 Å². The molecule has 0 radical (unpaired) electrons. The van der Waals surface area contributed by atoms with Crippen LogP contribution in [0.1, 0.15) is 74.9 Å². The molecule has 4 aromatic rings. The molecule has 0 saturated carbocycles. The lowest BCUT2D eigenvalue weighted by Crippen LogP contribution is -2.41. The molecule has 3 N–H and O–H groups in total. The van der Waals surface area contributed by atoms with Crippen molar-refractivity contribution in [2.24, 2.45) is 0 Å².